The number of hydrogen-bond acceptors (Lipinski definition) is 2. The second-order valence-corrected chi connectivity index (χ2v) is 2.15. The van der Waals surface area contributed by atoms with Gasteiger partial charge in [-0.2, -0.15) is 0 Å². The van der Waals surface area contributed by atoms with Gasteiger partial charge in [0.05, 0.1) is 6.04 Å². The summed E-state index contributed by atoms with van der Waals surface area (Å²) in [5.74, 6) is 0. The van der Waals surface area contributed by atoms with Gasteiger partial charge in [0, 0.05) is 0 Å². The second-order valence-electron chi connectivity index (χ2n) is 1.68. The third kappa shape index (κ3) is 2.83. The molecule has 10 heavy (non-hydrogen) atoms. The number of carbonyl (C=O) groups is 1. The first-order chi connectivity index (χ1) is 4.83. The van der Waals surface area contributed by atoms with Gasteiger partial charge in [0.15, 0.2) is 0 Å². The summed E-state index contributed by atoms with van der Waals surface area (Å²) in [5.41, 5.74) is 0. The molecule has 0 aliphatic carbocycles. The quantitative estimate of drug-likeness (QED) is 0.455. The minimum atomic E-state index is -0.294. The van der Waals surface area contributed by atoms with Crippen molar-refractivity contribution in [3.8, 4) is 0 Å². The first kappa shape index (κ1) is 9.44. The molecule has 1 saturated heterocycles. The van der Waals surface area contributed by atoms with Gasteiger partial charge in [-0.15, -0.1) is 22.4 Å². The maximum atomic E-state index is 10.3. The normalized spacial score (nSPS) is 22.1. The van der Waals surface area contributed by atoms with Gasteiger partial charge in [-0.3, -0.25) is 0 Å². The molecular weight excluding hydrogens is 149 g/mol. The third-order valence-corrected chi connectivity index (χ3v) is 1.59. The van der Waals surface area contributed by atoms with Crippen LogP contribution in [0.3, 0.4) is 0 Å². The van der Waals surface area contributed by atoms with Gasteiger partial charge < -0.3 is 10.1 Å². The summed E-state index contributed by atoms with van der Waals surface area (Å²) in [6.45, 7) is 6.52. The Balaban J connectivity index is 0.000000371. The molecule has 1 heterocycles. The molecule has 0 aromatic rings. The van der Waals surface area contributed by atoms with Gasteiger partial charge >= 0.3 is 6.09 Å². The molecule has 0 bridgehead atoms. The van der Waals surface area contributed by atoms with Crippen molar-refractivity contribution < 1.29 is 9.53 Å². The molecule has 1 rings (SSSR count). The number of ether oxygens (including phenoxy) is 1. The summed E-state index contributed by atoms with van der Waals surface area (Å²) in [6, 6.07) is 0.215. The molecule has 4 heteroatoms. The zero-order chi connectivity index (χ0) is 7.98. The van der Waals surface area contributed by atoms with Crippen molar-refractivity contribution in [1.29, 1.82) is 0 Å². The Morgan fingerprint density at radius 3 is 2.60 bits per heavy atom. The molecule has 2 atom stereocenters. The Hall–Kier alpha value is -0.560. The summed E-state index contributed by atoms with van der Waals surface area (Å²) < 4.78 is 4.59. The molecule has 1 aliphatic heterocycles. The standard InChI is InChI=1S/C4H8NO2P.C2H4/c6-4-5-3(2-8)1-7-4;1-2/h3H,1-2,8H2,(H,5,6);1-2H2. The number of cyclic esters (lactones) is 1. The molecule has 0 aromatic carbocycles. The summed E-state index contributed by atoms with van der Waals surface area (Å²) in [5, 5.41) is 2.62. The van der Waals surface area contributed by atoms with E-state index in [0.717, 1.165) is 6.16 Å². The SMILES string of the molecule is C=C.O=C1NC(CP)CO1. The fourth-order valence-electron chi connectivity index (χ4n) is 0.553. The minimum absolute atomic E-state index is 0.215. The van der Waals surface area contributed by atoms with E-state index in [9.17, 15) is 4.79 Å². The summed E-state index contributed by atoms with van der Waals surface area (Å²) >= 11 is 0. The second kappa shape index (κ2) is 5.24. The van der Waals surface area contributed by atoms with Crippen LogP contribution >= 0.6 is 9.24 Å². The number of rotatable bonds is 1. The van der Waals surface area contributed by atoms with E-state index in [0.29, 0.717) is 6.61 Å². The van der Waals surface area contributed by atoms with Crippen LogP contribution in [-0.2, 0) is 4.74 Å². The Labute approximate surface area is 63.0 Å². The zero-order valence-corrected chi connectivity index (χ0v) is 6.95. The third-order valence-electron chi connectivity index (χ3n) is 1.02. The van der Waals surface area contributed by atoms with Gasteiger partial charge in [0.25, 0.3) is 0 Å². The number of amides is 1. The van der Waals surface area contributed by atoms with Crippen LogP contribution in [0.25, 0.3) is 0 Å². The van der Waals surface area contributed by atoms with Gasteiger partial charge in [-0.25, -0.2) is 4.79 Å². The minimum Gasteiger partial charge on any atom is -0.447 e. The molecule has 2 unspecified atom stereocenters. The summed E-state index contributed by atoms with van der Waals surface area (Å²) in [7, 11) is 2.54. The molecule has 58 valence electrons. The van der Waals surface area contributed by atoms with Gasteiger partial charge in [-0.1, -0.05) is 0 Å². The molecule has 1 fully saturated rings. The molecular formula is C6H12NO2P. The van der Waals surface area contributed by atoms with Crippen LogP contribution in [0, 0.1) is 0 Å². The highest BCUT2D eigenvalue weighted by Crippen LogP contribution is 1.99. The Bertz CT molecular complexity index is 118. The predicted octanol–water partition coefficient (Wildman–Crippen LogP) is 0.772. The van der Waals surface area contributed by atoms with Crippen molar-refractivity contribution in [3.63, 3.8) is 0 Å². The first-order valence-corrected chi connectivity index (χ1v) is 3.78. The average Bonchev–Trinajstić information content (AvgIpc) is 2.40. The number of carbonyl (C=O) groups excluding carboxylic acids is 1. The van der Waals surface area contributed by atoms with Crippen LogP contribution in [0.15, 0.2) is 13.2 Å². The molecule has 1 aliphatic rings. The van der Waals surface area contributed by atoms with Crippen molar-refractivity contribution in [2.75, 3.05) is 12.8 Å². The monoisotopic (exact) mass is 161 g/mol. The van der Waals surface area contributed by atoms with E-state index in [1.807, 2.05) is 0 Å². The maximum absolute atomic E-state index is 10.3. The van der Waals surface area contributed by atoms with Crippen molar-refractivity contribution in [3.05, 3.63) is 13.2 Å². The molecule has 0 aromatic heterocycles. The number of alkyl carbamates (subject to hydrolysis) is 1. The molecule has 3 nitrogen and oxygen atoms in total. The van der Waals surface area contributed by atoms with Crippen molar-refractivity contribution in [2.45, 2.75) is 6.04 Å². The molecule has 0 saturated carbocycles. The zero-order valence-electron chi connectivity index (χ0n) is 5.80. The van der Waals surface area contributed by atoms with Crippen LogP contribution in [0.1, 0.15) is 0 Å². The average molecular weight is 161 g/mol. The van der Waals surface area contributed by atoms with Crippen molar-refractivity contribution in [2.24, 2.45) is 0 Å². The van der Waals surface area contributed by atoms with Crippen LogP contribution < -0.4 is 5.32 Å². The molecule has 1 amide bonds. The van der Waals surface area contributed by atoms with E-state index in [4.69, 9.17) is 0 Å². The van der Waals surface area contributed by atoms with E-state index < -0.39 is 0 Å². The first-order valence-electron chi connectivity index (χ1n) is 2.96. The number of hydrogen-bond donors (Lipinski definition) is 1. The largest absolute Gasteiger partial charge is 0.447 e. The lowest BCUT2D eigenvalue weighted by atomic mass is 10.4. The predicted molar refractivity (Wildman–Crippen MR) is 44.1 cm³/mol. The summed E-state index contributed by atoms with van der Waals surface area (Å²) in [6.07, 6.45) is 0.573. The van der Waals surface area contributed by atoms with E-state index in [1.165, 1.54) is 0 Å². The lowest BCUT2D eigenvalue weighted by Gasteiger charge is -1.97. The molecule has 0 radical (unpaired) electrons. The van der Waals surface area contributed by atoms with Crippen LogP contribution in [0.4, 0.5) is 4.79 Å². The van der Waals surface area contributed by atoms with Gasteiger partial charge in [0.1, 0.15) is 6.61 Å². The van der Waals surface area contributed by atoms with Crippen molar-refractivity contribution in [1.82, 2.24) is 5.32 Å². The lowest BCUT2D eigenvalue weighted by molar-refractivity contribution is 0.177. The van der Waals surface area contributed by atoms with E-state index >= 15 is 0 Å². The molecule has 1 N–H and O–H groups in total. The van der Waals surface area contributed by atoms with Crippen LogP contribution in [0.5, 0.6) is 0 Å². The molecule has 0 spiro atoms. The van der Waals surface area contributed by atoms with E-state index in [2.05, 4.69) is 32.5 Å². The summed E-state index contributed by atoms with van der Waals surface area (Å²) in [4.78, 5) is 10.3. The Kier molecular flexibility index (Phi) is 4.95. The maximum Gasteiger partial charge on any atom is 0.407 e. The Morgan fingerprint density at radius 2 is 2.40 bits per heavy atom. The topological polar surface area (TPSA) is 38.3 Å². The van der Waals surface area contributed by atoms with E-state index in [-0.39, 0.29) is 12.1 Å². The lowest BCUT2D eigenvalue weighted by Crippen LogP contribution is -2.27. The highest BCUT2D eigenvalue weighted by Gasteiger charge is 2.19. The van der Waals surface area contributed by atoms with Crippen molar-refractivity contribution >= 4 is 15.3 Å². The number of nitrogens with one attached hydrogen (secondary N) is 1. The smallest absolute Gasteiger partial charge is 0.407 e. The van der Waals surface area contributed by atoms with Gasteiger partial charge in [-0.05, 0) is 6.16 Å². The fourth-order valence-corrected chi connectivity index (χ4v) is 0.807. The van der Waals surface area contributed by atoms with E-state index in [1.54, 1.807) is 0 Å². The fraction of sp³-hybridized carbons (Fsp3) is 0.500. The van der Waals surface area contributed by atoms with Crippen LogP contribution in [-0.4, -0.2) is 24.9 Å². The van der Waals surface area contributed by atoms with Crippen LogP contribution in [0.2, 0.25) is 0 Å². The highest BCUT2D eigenvalue weighted by molar-refractivity contribution is 7.16. The Morgan fingerprint density at radius 1 is 1.80 bits per heavy atom. The highest BCUT2D eigenvalue weighted by atomic mass is 31.0. The van der Waals surface area contributed by atoms with Gasteiger partial charge in [0.2, 0.25) is 0 Å².